The number of rotatable bonds is 6. The Balaban J connectivity index is 1.39. The van der Waals surface area contributed by atoms with Crippen LogP contribution in [-0.2, 0) is 4.79 Å². The van der Waals surface area contributed by atoms with Crippen LogP contribution in [0.5, 0.6) is 5.75 Å². The lowest BCUT2D eigenvalue weighted by molar-refractivity contribution is -0.145. The van der Waals surface area contributed by atoms with Gasteiger partial charge >= 0.3 is 5.97 Å². The van der Waals surface area contributed by atoms with E-state index in [9.17, 15) is 9.90 Å². The number of fused-ring (bicyclic) bond motifs is 1. The van der Waals surface area contributed by atoms with Gasteiger partial charge in [-0.1, -0.05) is 78.9 Å². The van der Waals surface area contributed by atoms with Gasteiger partial charge in [0.05, 0.1) is 0 Å². The number of benzene rings is 4. The predicted molar refractivity (Wildman–Crippen MR) is 130 cm³/mol. The van der Waals surface area contributed by atoms with Crippen molar-refractivity contribution < 1.29 is 14.6 Å². The molecule has 164 valence electrons. The highest BCUT2D eigenvalue weighted by atomic mass is 16.5. The van der Waals surface area contributed by atoms with Gasteiger partial charge in [-0.05, 0) is 47.9 Å². The van der Waals surface area contributed by atoms with E-state index in [0.29, 0.717) is 11.3 Å². The maximum absolute atomic E-state index is 11.8. The number of para-hydroxylation sites is 2. The van der Waals surface area contributed by atoms with E-state index in [2.05, 4.69) is 65.6 Å². The lowest BCUT2D eigenvalue weighted by atomic mass is 9.84. The third-order valence-electron chi connectivity index (χ3n) is 6.18. The number of nitrogens with zero attached hydrogens (tertiary/aromatic N) is 1. The van der Waals surface area contributed by atoms with Crippen LogP contribution in [0.2, 0.25) is 0 Å². The van der Waals surface area contributed by atoms with Crippen LogP contribution in [0.4, 0.5) is 11.4 Å². The molecule has 0 saturated heterocycles. The Bertz CT molecular complexity index is 1220. The summed E-state index contributed by atoms with van der Waals surface area (Å²) < 4.78 is 5.84. The molecule has 4 heteroatoms. The second kappa shape index (κ2) is 9.21. The molecule has 4 aromatic carbocycles. The zero-order valence-electron chi connectivity index (χ0n) is 18.2. The molecule has 33 heavy (non-hydrogen) atoms. The van der Waals surface area contributed by atoms with Gasteiger partial charge in [0, 0.05) is 29.4 Å². The van der Waals surface area contributed by atoms with Crippen LogP contribution >= 0.6 is 0 Å². The van der Waals surface area contributed by atoms with Gasteiger partial charge in [0.2, 0.25) is 6.10 Å². The normalized spacial score (nSPS) is 16.0. The highest BCUT2D eigenvalue weighted by Crippen LogP contribution is 2.42. The molecular weight excluding hydrogens is 410 g/mol. The Morgan fingerprint density at radius 2 is 1.45 bits per heavy atom. The zero-order valence-corrected chi connectivity index (χ0v) is 18.2. The molecule has 2 atom stereocenters. The monoisotopic (exact) mass is 435 g/mol. The quantitative estimate of drug-likeness (QED) is 0.372. The van der Waals surface area contributed by atoms with Crippen molar-refractivity contribution in [3.8, 4) is 5.75 Å². The van der Waals surface area contributed by atoms with Crippen molar-refractivity contribution in [2.45, 2.75) is 18.4 Å². The summed E-state index contributed by atoms with van der Waals surface area (Å²) in [6.45, 7) is 0.930. The maximum atomic E-state index is 11.8. The summed E-state index contributed by atoms with van der Waals surface area (Å²) in [6.07, 6.45) is -0.0414. The molecule has 1 aliphatic rings. The summed E-state index contributed by atoms with van der Waals surface area (Å²) in [6, 6.07) is 35.9. The van der Waals surface area contributed by atoms with Crippen LogP contribution in [0.15, 0.2) is 109 Å². The smallest absolute Gasteiger partial charge is 0.349 e. The molecule has 0 spiro atoms. The average Bonchev–Trinajstić information content (AvgIpc) is 2.88. The molecule has 2 unspecified atom stereocenters. The fourth-order valence-electron chi connectivity index (χ4n) is 4.59. The molecule has 1 aliphatic heterocycles. The highest BCUT2D eigenvalue weighted by Gasteiger charge is 2.27. The average molecular weight is 436 g/mol. The van der Waals surface area contributed by atoms with E-state index in [1.54, 1.807) is 12.1 Å². The molecule has 0 bridgehead atoms. The number of anilines is 2. The topological polar surface area (TPSA) is 49.8 Å². The Hall–Kier alpha value is -4.05. The standard InChI is InChI=1S/C29H25NO3/c31-29(32)28(22-9-3-1-4-10-22)33-24-17-15-21(16-18-24)25-19-20-30(23-11-5-2-6-12-23)27-14-8-7-13-26(25)27/h1-18,25,28H,19-20H2,(H,31,32). The fourth-order valence-corrected chi connectivity index (χ4v) is 4.59. The van der Waals surface area contributed by atoms with Crippen LogP contribution in [0.25, 0.3) is 0 Å². The summed E-state index contributed by atoms with van der Waals surface area (Å²) in [5.74, 6) is -0.183. The van der Waals surface area contributed by atoms with E-state index < -0.39 is 12.1 Å². The minimum absolute atomic E-state index is 0.277. The molecule has 4 aromatic rings. The second-order valence-electron chi connectivity index (χ2n) is 8.20. The van der Waals surface area contributed by atoms with Crippen molar-refractivity contribution in [2.75, 3.05) is 11.4 Å². The molecule has 0 aliphatic carbocycles. The highest BCUT2D eigenvalue weighted by molar-refractivity contribution is 5.75. The molecule has 1 heterocycles. The molecule has 5 rings (SSSR count). The Morgan fingerprint density at radius 1 is 0.818 bits per heavy atom. The first-order chi connectivity index (χ1) is 16.2. The number of ether oxygens (including phenoxy) is 1. The van der Waals surface area contributed by atoms with Gasteiger partial charge in [-0.2, -0.15) is 0 Å². The van der Waals surface area contributed by atoms with Crippen LogP contribution in [-0.4, -0.2) is 17.6 Å². The van der Waals surface area contributed by atoms with Gasteiger partial charge in [0.25, 0.3) is 0 Å². The molecule has 0 saturated carbocycles. The van der Waals surface area contributed by atoms with Gasteiger partial charge in [-0.25, -0.2) is 4.79 Å². The van der Waals surface area contributed by atoms with Crippen LogP contribution in [0.1, 0.15) is 35.1 Å². The largest absolute Gasteiger partial charge is 0.478 e. The van der Waals surface area contributed by atoms with Crippen molar-refractivity contribution in [1.29, 1.82) is 0 Å². The van der Waals surface area contributed by atoms with Gasteiger partial charge in [0.1, 0.15) is 5.75 Å². The first-order valence-electron chi connectivity index (χ1n) is 11.2. The summed E-state index contributed by atoms with van der Waals surface area (Å²) in [5.41, 5.74) is 5.56. The molecule has 1 N–H and O–H groups in total. The number of carboxylic acids is 1. The minimum atomic E-state index is -1.04. The molecule has 0 fully saturated rings. The number of hydrogen-bond acceptors (Lipinski definition) is 3. The first-order valence-corrected chi connectivity index (χ1v) is 11.2. The Morgan fingerprint density at radius 3 is 2.15 bits per heavy atom. The van der Waals surface area contributed by atoms with E-state index in [1.165, 1.54) is 22.5 Å². The summed E-state index contributed by atoms with van der Waals surface area (Å²) >= 11 is 0. The number of hydrogen-bond donors (Lipinski definition) is 1. The maximum Gasteiger partial charge on any atom is 0.349 e. The number of carbonyl (C=O) groups is 1. The van der Waals surface area contributed by atoms with Crippen LogP contribution in [0, 0.1) is 0 Å². The van der Waals surface area contributed by atoms with Crippen molar-refractivity contribution in [2.24, 2.45) is 0 Å². The van der Waals surface area contributed by atoms with Crippen molar-refractivity contribution in [3.63, 3.8) is 0 Å². The van der Waals surface area contributed by atoms with E-state index >= 15 is 0 Å². The van der Waals surface area contributed by atoms with Crippen molar-refractivity contribution in [1.82, 2.24) is 0 Å². The Kier molecular flexibility index (Phi) is 5.81. The molecule has 0 radical (unpaired) electrons. The Labute approximate surface area is 193 Å². The molecule has 0 amide bonds. The summed E-state index contributed by atoms with van der Waals surface area (Å²) in [7, 11) is 0. The van der Waals surface area contributed by atoms with Gasteiger partial charge in [-0.3, -0.25) is 0 Å². The lowest BCUT2D eigenvalue weighted by Gasteiger charge is -2.36. The van der Waals surface area contributed by atoms with Gasteiger partial charge < -0.3 is 14.7 Å². The molecule has 4 nitrogen and oxygen atoms in total. The second-order valence-corrected chi connectivity index (χ2v) is 8.20. The van der Waals surface area contributed by atoms with Gasteiger partial charge in [0.15, 0.2) is 0 Å². The molecular formula is C29H25NO3. The lowest BCUT2D eigenvalue weighted by Crippen LogP contribution is -2.27. The van der Waals surface area contributed by atoms with Crippen molar-refractivity contribution >= 4 is 17.3 Å². The fraction of sp³-hybridized carbons (Fsp3) is 0.138. The zero-order chi connectivity index (χ0) is 22.6. The van der Waals surface area contributed by atoms with E-state index in [4.69, 9.17) is 4.74 Å². The van der Waals surface area contributed by atoms with E-state index in [-0.39, 0.29) is 5.92 Å². The molecule has 0 aromatic heterocycles. The summed E-state index contributed by atoms with van der Waals surface area (Å²) in [5, 5.41) is 9.64. The third-order valence-corrected chi connectivity index (χ3v) is 6.18. The predicted octanol–water partition coefficient (Wildman–Crippen LogP) is 6.57. The summed E-state index contributed by atoms with van der Waals surface area (Å²) in [4.78, 5) is 14.1. The first kappa shape index (κ1) is 20.8. The SMILES string of the molecule is O=C(O)C(Oc1ccc(C2CCN(c3ccccc3)c3ccccc32)cc1)c1ccccc1. The van der Waals surface area contributed by atoms with E-state index in [1.807, 2.05) is 36.4 Å². The number of carboxylic acid groups (broad SMARTS) is 1. The van der Waals surface area contributed by atoms with Gasteiger partial charge in [-0.15, -0.1) is 0 Å². The minimum Gasteiger partial charge on any atom is -0.478 e. The van der Waals surface area contributed by atoms with Crippen molar-refractivity contribution in [3.05, 3.63) is 126 Å². The van der Waals surface area contributed by atoms with Crippen LogP contribution < -0.4 is 9.64 Å². The van der Waals surface area contributed by atoms with Crippen LogP contribution in [0.3, 0.4) is 0 Å². The number of aliphatic carboxylic acids is 1. The third kappa shape index (κ3) is 4.33. The van der Waals surface area contributed by atoms with E-state index in [0.717, 1.165) is 13.0 Å².